The third kappa shape index (κ3) is 4.97. The van der Waals surface area contributed by atoms with E-state index >= 15 is 0 Å². The number of nitrogens with zero attached hydrogens (tertiary/aromatic N) is 3. The first-order valence-corrected chi connectivity index (χ1v) is 12.0. The molecule has 0 amide bonds. The van der Waals surface area contributed by atoms with Gasteiger partial charge in [0.15, 0.2) is 0 Å². The smallest absolute Gasteiger partial charge is 0.119 e. The molecule has 5 rings (SSSR count). The summed E-state index contributed by atoms with van der Waals surface area (Å²) >= 11 is 0. The summed E-state index contributed by atoms with van der Waals surface area (Å²) in [6.45, 7) is 6.64. The number of benzene rings is 3. The van der Waals surface area contributed by atoms with Crippen LogP contribution in [0.3, 0.4) is 0 Å². The Morgan fingerprint density at radius 2 is 1.42 bits per heavy atom. The Kier molecular flexibility index (Phi) is 6.75. The molecule has 33 heavy (non-hydrogen) atoms. The molecule has 3 aromatic carbocycles. The Bertz CT molecular complexity index is 1110. The molecule has 2 heterocycles. The van der Waals surface area contributed by atoms with Crippen molar-refractivity contribution < 1.29 is 4.74 Å². The molecular formula is C29H33N3O. The van der Waals surface area contributed by atoms with Gasteiger partial charge in [-0.1, -0.05) is 60.7 Å². The predicted octanol–water partition coefficient (Wildman–Crippen LogP) is 5.45. The Morgan fingerprint density at radius 3 is 2.06 bits per heavy atom. The quantitative estimate of drug-likeness (QED) is 0.364. The number of rotatable bonds is 8. The highest BCUT2D eigenvalue weighted by Gasteiger charge is 2.26. The summed E-state index contributed by atoms with van der Waals surface area (Å²) in [7, 11) is 1.72. The van der Waals surface area contributed by atoms with Gasteiger partial charge in [0, 0.05) is 49.8 Å². The molecule has 0 spiro atoms. The monoisotopic (exact) mass is 439 g/mol. The van der Waals surface area contributed by atoms with Crippen LogP contribution < -0.4 is 4.74 Å². The van der Waals surface area contributed by atoms with Gasteiger partial charge in [-0.05, 0) is 48.4 Å². The van der Waals surface area contributed by atoms with Crippen LogP contribution >= 0.6 is 0 Å². The van der Waals surface area contributed by atoms with Crippen molar-refractivity contribution in [3.63, 3.8) is 0 Å². The van der Waals surface area contributed by atoms with Gasteiger partial charge in [-0.2, -0.15) is 0 Å². The second-order valence-corrected chi connectivity index (χ2v) is 8.89. The van der Waals surface area contributed by atoms with Gasteiger partial charge in [-0.15, -0.1) is 0 Å². The number of hydrogen-bond acceptors (Lipinski definition) is 3. The van der Waals surface area contributed by atoms with Crippen molar-refractivity contribution >= 4 is 10.9 Å². The number of methoxy groups -OCH3 is 1. The van der Waals surface area contributed by atoms with Gasteiger partial charge in [-0.3, -0.25) is 4.90 Å². The van der Waals surface area contributed by atoms with Crippen molar-refractivity contribution in [1.82, 2.24) is 14.4 Å². The number of fused-ring (bicyclic) bond motifs is 1. The summed E-state index contributed by atoms with van der Waals surface area (Å²) in [6, 6.07) is 30.7. The lowest BCUT2D eigenvalue weighted by Gasteiger charge is -2.40. The van der Waals surface area contributed by atoms with E-state index < -0.39 is 0 Å². The Morgan fingerprint density at radius 1 is 0.758 bits per heavy atom. The van der Waals surface area contributed by atoms with Crippen LogP contribution in [0.25, 0.3) is 10.9 Å². The molecule has 0 N–H and O–H groups in total. The minimum absolute atomic E-state index is 0.331. The first-order chi connectivity index (χ1) is 16.3. The zero-order valence-electron chi connectivity index (χ0n) is 19.4. The molecule has 4 nitrogen and oxygen atoms in total. The standard InChI is InChI=1S/C29H33N3O/c1-33-27-13-14-28-26(23-27)15-18-31(28)17-8-16-30-19-21-32(22-20-30)29(24-9-4-2-5-10-24)25-11-6-3-7-12-25/h2-7,9-15,18,23,29H,8,16-17,19-22H2,1H3. The van der Waals surface area contributed by atoms with Gasteiger partial charge in [-0.25, -0.2) is 0 Å². The molecule has 1 aromatic heterocycles. The second kappa shape index (κ2) is 10.2. The first kappa shape index (κ1) is 21.7. The molecule has 1 aliphatic rings. The second-order valence-electron chi connectivity index (χ2n) is 8.89. The number of aryl methyl sites for hydroxylation is 1. The maximum atomic E-state index is 5.35. The summed E-state index contributed by atoms with van der Waals surface area (Å²) in [5, 5.41) is 1.25. The van der Waals surface area contributed by atoms with Crippen LogP contribution in [0, 0.1) is 0 Å². The van der Waals surface area contributed by atoms with Crippen molar-refractivity contribution in [3.8, 4) is 5.75 Å². The molecule has 1 saturated heterocycles. The lowest BCUT2D eigenvalue weighted by atomic mass is 9.96. The normalized spacial score (nSPS) is 15.3. The highest BCUT2D eigenvalue weighted by atomic mass is 16.5. The van der Waals surface area contributed by atoms with E-state index in [0.717, 1.165) is 51.4 Å². The highest BCUT2D eigenvalue weighted by Crippen LogP contribution is 2.29. The molecule has 0 unspecified atom stereocenters. The van der Waals surface area contributed by atoms with Gasteiger partial charge in [0.2, 0.25) is 0 Å². The van der Waals surface area contributed by atoms with Crippen molar-refractivity contribution in [2.45, 2.75) is 19.0 Å². The van der Waals surface area contributed by atoms with E-state index in [0.29, 0.717) is 6.04 Å². The summed E-state index contributed by atoms with van der Waals surface area (Å²) in [5.74, 6) is 0.919. The van der Waals surface area contributed by atoms with Crippen LogP contribution in [0.4, 0.5) is 0 Å². The maximum Gasteiger partial charge on any atom is 0.119 e. The molecule has 4 heteroatoms. The molecule has 4 aromatic rings. The number of aromatic nitrogens is 1. The molecule has 0 radical (unpaired) electrons. The Balaban J connectivity index is 1.18. The van der Waals surface area contributed by atoms with Crippen LogP contribution in [0.2, 0.25) is 0 Å². The zero-order chi connectivity index (χ0) is 22.5. The van der Waals surface area contributed by atoms with E-state index in [9.17, 15) is 0 Å². The number of hydrogen-bond donors (Lipinski definition) is 0. The van der Waals surface area contributed by atoms with E-state index in [-0.39, 0.29) is 0 Å². The summed E-state index contributed by atoms with van der Waals surface area (Å²) < 4.78 is 7.72. The minimum atomic E-state index is 0.331. The van der Waals surface area contributed by atoms with Crippen molar-refractivity contribution in [1.29, 1.82) is 0 Å². The summed E-state index contributed by atoms with van der Waals surface area (Å²) in [5.41, 5.74) is 4.05. The lowest BCUT2D eigenvalue weighted by molar-refractivity contribution is 0.108. The topological polar surface area (TPSA) is 20.6 Å². The fourth-order valence-electron chi connectivity index (χ4n) is 5.09. The molecule has 1 aliphatic heterocycles. The van der Waals surface area contributed by atoms with E-state index in [2.05, 4.69) is 99.4 Å². The van der Waals surface area contributed by atoms with Crippen LogP contribution in [0.1, 0.15) is 23.6 Å². The van der Waals surface area contributed by atoms with Crippen molar-refractivity contribution in [3.05, 3.63) is 102 Å². The highest BCUT2D eigenvalue weighted by molar-refractivity contribution is 5.81. The minimum Gasteiger partial charge on any atom is -0.497 e. The molecule has 0 saturated carbocycles. The van der Waals surface area contributed by atoms with E-state index in [4.69, 9.17) is 4.74 Å². The van der Waals surface area contributed by atoms with Gasteiger partial charge in [0.25, 0.3) is 0 Å². The van der Waals surface area contributed by atoms with Crippen LogP contribution in [0.5, 0.6) is 5.75 Å². The van der Waals surface area contributed by atoms with Gasteiger partial charge in [0.05, 0.1) is 13.2 Å². The summed E-state index contributed by atoms with van der Waals surface area (Å²) in [4.78, 5) is 5.27. The molecule has 170 valence electrons. The zero-order valence-corrected chi connectivity index (χ0v) is 19.4. The van der Waals surface area contributed by atoms with Crippen LogP contribution in [-0.2, 0) is 6.54 Å². The molecule has 0 bridgehead atoms. The average Bonchev–Trinajstić information content (AvgIpc) is 3.28. The van der Waals surface area contributed by atoms with Crippen molar-refractivity contribution in [2.75, 3.05) is 39.8 Å². The summed E-state index contributed by atoms with van der Waals surface area (Å²) in [6.07, 6.45) is 3.36. The van der Waals surface area contributed by atoms with Crippen LogP contribution in [0.15, 0.2) is 91.1 Å². The van der Waals surface area contributed by atoms with E-state index in [1.807, 2.05) is 6.07 Å². The molecule has 0 aliphatic carbocycles. The first-order valence-electron chi connectivity index (χ1n) is 12.0. The third-order valence-electron chi connectivity index (χ3n) is 6.85. The average molecular weight is 440 g/mol. The van der Waals surface area contributed by atoms with Gasteiger partial charge >= 0.3 is 0 Å². The Labute approximate surface area is 197 Å². The van der Waals surface area contributed by atoms with Gasteiger partial charge < -0.3 is 14.2 Å². The fourth-order valence-corrected chi connectivity index (χ4v) is 5.09. The van der Waals surface area contributed by atoms with E-state index in [1.165, 1.54) is 22.0 Å². The maximum absolute atomic E-state index is 5.35. The number of piperazine rings is 1. The lowest BCUT2D eigenvalue weighted by Crippen LogP contribution is -2.48. The van der Waals surface area contributed by atoms with E-state index in [1.54, 1.807) is 7.11 Å². The Hall–Kier alpha value is -3.08. The van der Waals surface area contributed by atoms with Crippen LogP contribution in [-0.4, -0.2) is 54.2 Å². The number of ether oxygens (including phenoxy) is 1. The van der Waals surface area contributed by atoms with Crippen molar-refractivity contribution in [2.24, 2.45) is 0 Å². The largest absolute Gasteiger partial charge is 0.497 e. The third-order valence-corrected chi connectivity index (χ3v) is 6.85. The predicted molar refractivity (Wildman–Crippen MR) is 136 cm³/mol. The molecule has 0 atom stereocenters. The van der Waals surface area contributed by atoms with Gasteiger partial charge in [0.1, 0.15) is 5.75 Å². The SMILES string of the molecule is COc1ccc2c(ccn2CCCN2CCN(C(c3ccccc3)c3ccccc3)CC2)c1. The molecule has 1 fully saturated rings. The fraction of sp³-hybridized carbons (Fsp3) is 0.310. The molecular weight excluding hydrogens is 406 g/mol.